The molecule has 1 heterocycles. The normalized spacial score (nSPS) is 16.2. The molecule has 1 aliphatic rings. The molecule has 0 atom stereocenters. The van der Waals surface area contributed by atoms with Gasteiger partial charge in [0.05, 0.1) is 17.4 Å². The number of aliphatic carboxylic acids is 1. The zero-order chi connectivity index (χ0) is 17.5. The fourth-order valence-corrected chi connectivity index (χ4v) is 2.62. The zero-order valence-corrected chi connectivity index (χ0v) is 13.2. The van der Waals surface area contributed by atoms with E-state index in [1.165, 1.54) is 6.08 Å². The number of carboxylic acid groups (broad SMARTS) is 1. The Morgan fingerprint density at radius 2 is 1.92 bits per heavy atom. The molecule has 0 aromatic heterocycles. The third-order valence-corrected chi connectivity index (χ3v) is 3.87. The topological polar surface area (TPSA) is 107 Å². The molecule has 1 aromatic carbocycles. The van der Waals surface area contributed by atoms with Crippen LogP contribution in [0.5, 0.6) is 0 Å². The number of rotatable bonds is 6. The van der Waals surface area contributed by atoms with Gasteiger partial charge in [0.15, 0.2) is 0 Å². The Hall–Kier alpha value is -2.87. The molecule has 2 rings (SSSR count). The highest BCUT2D eigenvalue weighted by Crippen LogP contribution is 2.30. The van der Waals surface area contributed by atoms with Crippen LogP contribution in [0, 0.1) is 0 Å². The van der Waals surface area contributed by atoms with Crippen molar-refractivity contribution in [2.24, 2.45) is 0 Å². The molecular weight excluding hydrogens is 332 g/mol. The Bertz CT molecular complexity index is 727. The summed E-state index contributed by atoms with van der Waals surface area (Å²) in [6.07, 6.45) is 4.92. The third kappa shape index (κ3) is 4.82. The van der Waals surface area contributed by atoms with Crippen molar-refractivity contribution >= 4 is 40.9 Å². The second-order valence-corrected chi connectivity index (χ2v) is 5.70. The van der Waals surface area contributed by atoms with E-state index in [0.29, 0.717) is 0 Å². The number of nitrogens with zero attached hydrogens (tertiary/aromatic N) is 1. The molecule has 1 saturated heterocycles. The minimum absolute atomic E-state index is 0.194. The molecule has 0 saturated carbocycles. The van der Waals surface area contributed by atoms with E-state index in [2.05, 4.69) is 0 Å². The lowest BCUT2D eigenvalue weighted by molar-refractivity contribution is -0.304. The molecule has 0 bridgehead atoms. The van der Waals surface area contributed by atoms with Crippen molar-refractivity contribution in [2.75, 3.05) is 13.1 Å². The number of thioether (sulfide) groups is 1. The highest BCUT2D eigenvalue weighted by Gasteiger charge is 2.35. The number of hydrogen-bond donors (Lipinski definition) is 1. The number of allylic oxidation sites excluding steroid dienone is 2. The number of carbonyl (C=O) groups is 4. The molecule has 1 N–H and O–H groups in total. The Morgan fingerprint density at radius 1 is 1.21 bits per heavy atom. The van der Waals surface area contributed by atoms with Crippen molar-refractivity contribution < 1.29 is 24.3 Å². The van der Waals surface area contributed by atoms with Crippen LogP contribution in [0.2, 0.25) is 0 Å². The monoisotopic (exact) mass is 345 g/mol. The number of benzene rings is 1. The lowest BCUT2D eigenvalue weighted by Crippen LogP contribution is -2.43. The smallest absolute Gasteiger partial charge is 0.294 e. The van der Waals surface area contributed by atoms with E-state index in [1.54, 1.807) is 12.2 Å². The zero-order valence-electron chi connectivity index (χ0n) is 12.4. The van der Waals surface area contributed by atoms with Crippen molar-refractivity contribution in [3.63, 3.8) is 0 Å². The second-order valence-electron chi connectivity index (χ2n) is 4.71. The predicted octanol–water partition coefficient (Wildman–Crippen LogP) is 0.145. The van der Waals surface area contributed by atoms with E-state index in [4.69, 9.17) is 0 Å². The number of carbonyl (C=O) groups excluding carboxylic acids is 4. The maximum atomic E-state index is 12.1. The summed E-state index contributed by atoms with van der Waals surface area (Å²) >= 11 is 0.722. The van der Waals surface area contributed by atoms with E-state index in [-0.39, 0.29) is 4.91 Å². The van der Waals surface area contributed by atoms with Gasteiger partial charge in [-0.15, -0.1) is 0 Å². The summed E-state index contributed by atoms with van der Waals surface area (Å²) < 4.78 is 0. The van der Waals surface area contributed by atoms with Gasteiger partial charge < -0.3 is 15.2 Å². The Labute approximate surface area is 142 Å². The summed E-state index contributed by atoms with van der Waals surface area (Å²) in [6.45, 7) is -1.21. The van der Waals surface area contributed by atoms with E-state index in [1.807, 2.05) is 35.6 Å². The van der Waals surface area contributed by atoms with E-state index >= 15 is 0 Å². The van der Waals surface area contributed by atoms with Crippen LogP contribution in [0.15, 0.2) is 47.4 Å². The molecule has 1 fully saturated rings. The molecule has 7 nitrogen and oxygen atoms in total. The largest absolute Gasteiger partial charge is 0.548 e. The van der Waals surface area contributed by atoms with Gasteiger partial charge in [-0.3, -0.25) is 19.3 Å². The number of carboxylic acids is 1. The third-order valence-electron chi connectivity index (χ3n) is 2.94. The average molecular weight is 345 g/mol. The van der Waals surface area contributed by atoms with Crippen molar-refractivity contribution in [3.8, 4) is 0 Å². The molecule has 8 heteroatoms. The Balaban J connectivity index is 1.98. The molecule has 0 unspecified atom stereocenters. The first kappa shape index (κ1) is 17.5. The molecule has 124 valence electrons. The summed E-state index contributed by atoms with van der Waals surface area (Å²) in [6, 6.07) is 9.40. The number of nitrogens with one attached hydrogen (secondary N) is 1. The predicted molar refractivity (Wildman–Crippen MR) is 86.3 cm³/mol. The van der Waals surface area contributed by atoms with Gasteiger partial charge in [0, 0.05) is 0 Å². The van der Waals surface area contributed by atoms with Gasteiger partial charge in [-0.05, 0) is 23.4 Å². The Morgan fingerprint density at radius 3 is 2.58 bits per heavy atom. The van der Waals surface area contributed by atoms with Crippen LogP contribution < -0.4 is 10.4 Å². The maximum Gasteiger partial charge on any atom is 0.294 e. The highest BCUT2D eigenvalue weighted by molar-refractivity contribution is 8.18. The molecule has 1 aromatic rings. The molecule has 0 radical (unpaired) electrons. The first-order chi connectivity index (χ1) is 11.5. The number of imide groups is 1. The van der Waals surface area contributed by atoms with Crippen LogP contribution in [-0.2, 0) is 14.4 Å². The first-order valence-corrected chi connectivity index (χ1v) is 7.72. The van der Waals surface area contributed by atoms with Crippen LogP contribution >= 0.6 is 11.8 Å². The van der Waals surface area contributed by atoms with Gasteiger partial charge in [0.2, 0.25) is 5.91 Å². The minimum Gasteiger partial charge on any atom is -0.548 e. The molecule has 1 aliphatic heterocycles. The number of amides is 3. The summed E-state index contributed by atoms with van der Waals surface area (Å²) in [4.78, 5) is 46.6. The van der Waals surface area contributed by atoms with E-state index in [9.17, 15) is 24.3 Å². The van der Waals surface area contributed by atoms with E-state index in [0.717, 1.165) is 22.2 Å². The lowest BCUT2D eigenvalue weighted by Gasteiger charge is -2.12. The average Bonchev–Trinajstić information content (AvgIpc) is 2.82. The quantitative estimate of drug-likeness (QED) is 0.735. The van der Waals surface area contributed by atoms with Gasteiger partial charge >= 0.3 is 0 Å². The molecular formula is C16H13N2O5S-. The first-order valence-electron chi connectivity index (χ1n) is 6.91. The van der Waals surface area contributed by atoms with E-state index < -0.39 is 36.1 Å². The molecule has 0 aliphatic carbocycles. The summed E-state index contributed by atoms with van der Waals surface area (Å²) in [5.41, 5.74) is 0.939. The lowest BCUT2D eigenvalue weighted by atomic mass is 10.2. The Kier molecular flexibility index (Phi) is 5.91. The molecule has 3 amide bonds. The second kappa shape index (κ2) is 8.11. The van der Waals surface area contributed by atoms with Crippen molar-refractivity contribution in [1.29, 1.82) is 0 Å². The molecule has 24 heavy (non-hydrogen) atoms. The van der Waals surface area contributed by atoms with Crippen molar-refractivity contribution in [3.05, 3.63) is 53.0 Å². The van der Waals surface area contributed by atoms with Crippen molar-refractivity contribution in [2.45, 2.75) is 0 Å². The van der Waals surface area contributed by atoms with Crippen LogP contribution in [0.1, 0.15) is 5.56 Å². The summed E-state index contributed by atoms with van der Waals surface area (Å²) in [5, 5.41) is 11.7. The highest BCUT2D eigenvalue weighted by atomic mass is 32.2. The fourth-order valence-electron chi connectivity index (χ4n) is 1.83. The van der Waals surface area contributed by atoms with Gasteiger partial charge in [0.25, 0.3) is 11.1 Å². The SMILES string of the molecule is O=C([O-])CNC(=O)CN1C(=O)S/C(=C\C=C\c2ccccc2)C1=O. The summed E-state index contributed by atoms with van der Waals surface area (Å²) in [7, 11) is 0. The van der Waals surface area contributed by atoms with Gasteiger partial charge in [-0.25, -0.2) is 0 Å². The van der Waals surface area contributed by atoms with Crippen LogP contribution in [0.4, 0.5) is 4.79 Å². The fraction of sp³-hybridized carbons (Fsp3) is 0.125. The van der Waals surface area contributed by atoms with Gasteiger partial charge in [-0.1, -0.05) is 42.5 Å². The number of hydrogen-bond acceptors (Lipinski definition) is 6. The van der Waals surface area contributed by atoms with Crippen LogP contribution in [-0.4, -0.2) is 41.0 Å². The summed E-state index contributed by atoms with van der Waals surface area (Å²) in [5.74, 6) is -2.79. The van der Waals surface area contributed by atoms with Crippen LogP contribution in [0.3, 0.4) is 0 Å². The van der Waals surface area contributed by atoms with Gasteiger partial charge in [-0.2, -0.15) is 0 Å². The van der Waals surface area contributed by atoms with Gasteiger partial charge in [0.1, 0.15) is 6.54 Å². The molecule has 0 spiro atoms. The standard InChI is InChI=1S/C16H14N2O5S/c19-13(17-9-14(20)21)10-18-15(22)12(24-16(18)23)8-4-7-11-5-2-1-3-6-11/h1-8H,9-10H2,(H,17,19)(H,20,21)/p-1/b7-4+,12-8-. The van der Waals surface area contributed by atoms with Crippen molar-refractivity contribution in [1.82, 2.24) is 10.2 Å². The maximum absolute atomic E-state index is 12.1. The van der Waals surface area contributed by atoms with Crippen LogP contribution in [0.25, 0.3) is 6.08 Å². The minimum atomic E-state index is -1.46.